The van der Waals surface area contributed by atoms with Gasteiger partial charge in [-0.25, -0.2) is 0 Å². The van der Waals surface area contributed by atoms with E-state index in [1.54, 1.807) is 0 Å². The van der Waals surface area contributed by atoms with Gasteiger partial charge in [0.15, 0.2) is 0 Å². The molecule has 0 saturated heterocycles. The monoisotopic (exact) mass is 351 g/mol. The van der Waals surface area contributed by atoms with Gasteiger partial charge in [0.05, 0.1) is 15.6 Å². The third kappa shape index (κ3) is 2.66. The van der Waals surface area contributed by atoms with Gasteiger partial charge in [-0.15, -0.1) is 0 Å². The van der Waals surface area contributed by atoms with Crippen molar-refractivity contribution in [3.05, 3.63) is 33.3 Å². The van der Waals surface area contributed by atoms with E-state index in [0.29, 0.717) is 12.1 Å². The minimum atomic E-state index is -4.91. The van der Waals surface area contributed by atoms with Crippen LogP contribution in [0.15, 0.2) is 17.3 Å². The highest BCUT2D eigenvalue weighted by molar-refractivity contribution is 6.36. The third-order valence-corrected chi connectivity index (χ3v) is 3.51. The maximum absolute atomic E-state index is 13.2. The van der Waals surface area contributed by atoms with E-state index >= 15 is 0 Å². The molecule has 0 aromatic heterocycles. The predicted octanol–water partition coefficient (Wildman–Crippen LogP) is 5.18. The van der Waals surface area contributed by atoms with Crippen molar-refractivity contribution in [3.63, 3.8) is 0 Å². The lowest BCUT2D eigenvalue weighted by molar-refractivity contribution is -0.275. The number of nitrogens with zero attached hydrogens (tertiary/aromatic N) is 1. The zero-order valence-corrected chi connectivity index (χ0v) is 11.3. The Balaban J connectivity index is 2.61. The Morgan fingerprint density at radius 2 is 1.57 bits per heavy atom. The second-order valence-electron chi connectivity index (χ2n) is 4.22. The van der Waals surface area contributed by atoms with Crippen LogP contribution < -0.4 is 0 Å². The summed E-state index contributed by atoms with van der Waals surface area (Å²) in [5.74, 6) is 0. The summed E-state index contributed by atoms with van der Waals surface area (Å²) in [5.41, 5.74) is -4.92. The van der Waals surface area contributed by atoms with E-state index < -0.39 is 45.5 Å². The molecule has 0 fully saturated rings. The van der Waals surface area contributed by atoms with Crippen molar-refractivity contribution in [2.24, 2.45) is 5.16 Å². The summed E-state index contributed by atoms with van der Waals surface area (Å²) in [5, 5.41) is 1.18. The maximum atomic E-state index is 13.2. The van der Waals surface area contributed by atoms with Gasteiger partial charge in [0.25, 0.3) is 5.60 Å². The number of alkyl halides is 6. The summed E-state index contributed by atoms with van der Waals surface area (Å²) < 4.78 is 77.7. The number of oxime groups is 1. The number of hydrogen-bond acceptors (Lipinski definition) is 2. The molecule has 0 aliphatic carbocycles. The first-order chi connectivity index (χ1) is 9.49. The minimum Gasteiger partial charge on any atom is -0.375 e. The van der Waals surface area contributed by atoms with Crippen LogP contribution in [0.5, 0.6) is 0 Å². The molecule has 116 valence electrons. The van der Waals surface area contributed by atoms with Crippen LogP contribution in [-0.4, -0.2) is 12.4 Å². The fraction of sp³-hybridized carbons (Fsp3) is 0.364. The van der Waals surface area contributed by atoms with Crippen molar-refractivity contribution in [2.45, 2.75) is 24.4 Å². The van der Waals surface area contributed by atoms with E-state index in [-0.39, 0.29) is 0 Å². The van der Waals surface area contributed by atoms with Crippen LogP contribution in [0.4, 0.5) is 26.3 Å². The lowest BCUT2D eigenvalue weighted by Crippen LogP contribution is -2.42. The van der Waals surface area contributed by atoms with E-state index in [0.717, 1.165) is 6.21 Å². The molecular weight excluding hydrogens is 347 g/mol. The van der Waals surface area contributed by atoms with Gasteiger partial charge < -0.3 is 4.84 Å². The van der Waals surface area contributed by atoms with Gasteiger partial charge in [0.2, 0.25) is 0 Å². The Labute approximate surface area is 124 Å². The molecule has 0 spiro atoms. The molecule has 0 amide bonds. The SMILES string of the molecule is FC(F)(F)c1c(Cl)cc(C2(C(F)(F)F)CC=NO2)cc1Cl. The molecule has 1 aliphatic rings. The Kier molecular flexibility index (Phi) is 3.82. The largest absolute Gasteiger partial charge is 0.435 e. The van der Waals surface area contributed by atoms with Crippen LogP contribution in [0.3, 0.4) is 0 Å². The van der Waals surface area contributed by atoms with E-state index in [1.165, 1.54) is 0 Å². The number of rotatable bonds is 1. The van der Waals surface area contributed by atoms with Gasteiger partial charge >= 0.3 is 12.4 Å². The Morgan fingerprint density at radius 1 is 1.05 bits per heavy atom. The van der Waals surface area contributed by atoms with Crippen LogP contribution in [0.25, 0.3) is 0 Å². The fourth-order valence-corrected chi connectivity index (χ4v) is 2.61. The molecule has 2 rings (SSSR count). The van der Waals surface area contributed by atoms with Gasteiger partial charge in [0, 0.05) is 18.2 Å². The summed E-state index contributed by atoms with van der Waals surface area (Å²) in [6, 6.07) is 1.08. The number of halogens is 8. The predicted molar refractivity (Wildman–Crippen MR) is 63.4 cm³/mol. The van der Waals surface area contributed by atoms with Gasteiger partial charge in [0.1, 0.15) is 0 Å². The zero-order valence-electron chi connectivity index (χ0n) is 9.82. The lowest BCUT2D eigenvalue weighted by Gasteiger charge is -2.30. The van der Waals surface area contributed by atoms with E-state index in [9.17, 15) is 26.3 Å². The molecular formula is C11H5Cl2F6NO. The standard InChI is InChI=1S/C11H5Cl2F6NO/c12-6-3-5(4-7(13)8(6)10(14,15)16)9(11(17,18)19)1-2-20-21-9/h2-4H,1H2. The van der Waals surface area contributed by atoms with Crippen LogP contribution in [0.1, 0.15) is 17.5 Å². The lowest BCUT2D eigenvalue weighted by atomic mass is 9.89. The highest BCUT2D eigenvalue weighted by atomic mass is 35.5. The average molecular weight is 352 g/mol. The molecule has 1 atom stereocenters. The highest BCUT2D eigenvalue weighted by Gasteiger charge is 2.61. The van der Waals surface area contributed by atoms with Crippen LogP contribution in [0, 0.1) is 0 Å². The Hall–Kier alpha value is -1.15. The Morgan fingerprint density at radius 3 is 1.90 bits per heavy atom. The second kappa shape index (κ2) is 4.95. The molecule has 0 saturated carbocycles. The first-order valence-corrected chi connectivity index (χ1v) is 6.08. The average Bonchev–Trinajstić information content (AvgIpc) is 2.74. The van der Waals surface area contributed by atoms with Crippen molar-refractivity contribution in [2.75, 3.05) is 0 Å². The summed E-state index contributed by atoms with van der Waals surface area (Å²) in [6.07, 6.45) is -9.61. The molecule has 1 aliphatic heterocycles. The molecule has 0 radical (unpaired) electrons. The number of benzene rings is 1. The number of hydrogen-bond donors (Lipinski definition) is 0. The molecule has 1 aromatic carbocycles. The first-order valence-electron chi connectivity index (χ1n) is 5.32. The topological polar surface area (TPSA) is 21.6 Å². The first kappa shape index (κ1) is 16.2. The fourth-order valence-electron chi connectivity index (χ4n) is 1.91. The summed E-state index contributed by atoms with van der Waals surface area (Å²) in [6.45, 7) is 0. The molecule has 10 heteroatoms. The van der Waals surface area contributed by atoms with Crippen LogP contribution >= 0.6 is 23.2 Å². The smallest absolute Gasteiger partial charge is 0.375 e. The van der Waals surface area contributed by atoms with E-state index in [4.69, 9.17) is 23.2 Å². The van der Waals surface area contributed by atoms with Crippen molar-refractivity contribution >= 4 is 29.4 Å². The molecule has 21 heavy (non-hydrogen) atoms. The van der Waals surface area contributed by atoms with Crippen molar-refractivity contribution in [1.29, 1.82) is 0 Å². The van der Waals surface area contributed by atoms with Gasteiger partial charge in [-0.05, 0) is 12.1 Å². The van der Waals surface area contributed by atoms with Crippen LogP contribution in [0.2, 0.25) is 10.0 Å². The zero-order chi connectivity index (χ0) is 16.1. The molecule has 1 unspecified atom stereocenters. The third-order valence-electron chi connectivity index (χ3n) is 2.91. The van der Waals surface area contributed by atoms with E-state index in [2.05, 4.69) is 9.99 Å². The Bertz CT molecular complexity index is 564. The van der Waals surface area contributed by atoms with Crippen molar-refractivity contribution in [1.82, 2.24) is 0 Å². The summed E-state index contributed by atoms with van der Waals surface area (Å²) in [7, 11) is 0. The highest BCUT2D eigenvalue weighted by Crippen LogP contribution is 2.49. The van der Waals surface area contributed by atoms with Gasteiger partial charge in [-0.1, -0.05) is 28.4 Å². The quantitative estimate of drug-likeness (QED) is 0.639. The summed E-state index contributed by atoms with van der Waals surface area (Å²) in [4.78, 5) is 4.37. The molecule has 0 N–H and O–H groups in total. The van der Waals surface area contributed by atoms with Gasteiger partial charge in [-0.2, -0.15) is 26.3 Å². The molecule has 2 nitrogen and oxygen atoms in total. The molecule has 0 bridgehead atoms. The molecule has 1 aromatic rings. The minimum absolute atomic E-state index is 0.540. The van der Waals surface area contributed by atoms with Crippen molar-refractivity contribution < 1.29 is 31.2 Å². The van der Waals surface area contributed by atoms with Crippen molar-refractivity contribution in [3.8, 4) is 0 Å². The van der Waals surface area contributed by atoms with Gasteiger partial charge in [-0.3, -0.25) is 0 Å². The second-order valence-corrected chi connectivity index (χ2v) is 5.04. The summed E-state index contributed by atoms with van der Waals surface area (Å²) >= 11 is 10.9. The maximum Gasteiger partial charge on any atom is 0.435 e. The van der Waals surface area contributed by atoms with Crippen LogP contribution in [-0.2, 0) is 16.6 Å². The van der Waals surface area contributed by atoms with E-state index in [1.807, 2.05) is 0 Å². The normalized spacial score (nSPS) is 22.5. The molecule has 1 heterocycles.